The van der Waals surface area contributed by atoms with E-state index in [9.17, 15) is 14.7 Å². The number of aliphatic hydroxyl groups is 2. The Morgan fingerprint density at radius 3 is 2.25 bits per heavy atom. The second-order valence-corrected chi connectivity index (χ2v) is 17.8. The number of fused-ring (bicyclic) bond motifs is 2. The number of rotatable bonds is 9. The summed E-state index contributed by atoms with van der Waals surface area (Å²) in [4.78, 5) is 28.1. The Labute approximate surface area is 317 Å². The molecule has 9 heteroatoms. The standard InChI is InChI=1S/C38H62N2O6.2C2H6.CH4O/c1-24-37-17-16-36(4)27(9-7-8-19-45-34(43)39(5)6)29(41)22-28(36)26(37)12-13-30-35(2,3)31(14-15-38(24,30)37)46-33-23-40(18-20-44-33)32(42)21-25-10-11-25;3*1-2/h24-31,33,41H,7-23H2,1-6H3;2*1-2H3;2H,1H3/t24-,26-,27-,28?,29+,30?,31-,33?,36+,37-,38?;;;/m0.../s1. The minimum Gasteiger partial charge on any atom is -0.449 e. The summed E-state index contributed by atoms with van der Waals surface area (Å²) >= 11 is 0. The van der Waals surface area contributed by atoms with Gasteiger partial charge < -0.3 is 34.2 Å². The van der Waals surface area contributed by atoms with Crippen LogP contribution in [0.2, 0.25) is 0 Å². The fourth-order valence-corrected chi connectivity index (χ4v) is 13.1. The zero-order valence-corrected chi connectivity index (χ0v) is 35.0. The van der Waals surface area contributed by atoms with Crippen molar-refractivity contribution in [2.45, 2.75) is 157 Å². The molecule has 2 spiro atoms. The van der Waals surface area contributed by atoms with Crippen LogP contribution in [0.15, 0.2) is 0 Å². The van der Waals surface area contributed by atoms with Crippen molar-refractivity contribution in [1.29, 1.82) is 0 Å². The van der Waals surface area contributed by atoms with E-state index in [0.29, 0.717) is 73.1 Å². The minimum absolute atomic E-state index is 0.0547. The highest BCUT2D eigenvalue weighted by Gasteiger charge is 2.84. The van der Waals surface area contributed by atoms with Gasteiger partial charge in [0.25, 0.3) is 0 Å². The van der Waals surface area contributed by atoms with Gasteiger partial charge in [-0.05, 0) is 134 Å². The smallest absolute Gasteiger partial charge is 0.409 e. The van der Waals surface area contributed by atoms with E-state index < -0.39 is 0 Å². The number of aliphatic hydroxyl groups excluding tert-OH is 2. The number of morpholine rings is 1. The van der Waals surface area contributed by atoms with E-state index in [4.69, 9.17) is 19.3 Å². The molecule has 7 aliphatic rings. The minimum atomic E-state index is -0.315. The first kappa shape index (κ1) is 43.3. The van der Waals surface area contributed by atoms with Gasteiger partial charge in [0.05, 0.1) is 32.0 Å². The molecule has 52 heavy (non-hydrogen) atoms. The number of unbranched alkanes of at least 4 members (excludes halogenated alkanes) is 1. The quantitative estimate of drug-likeness (QED) is 0.230. The zero-order chi connectivity index (χ0) is 38.6. The molecule has 1 saturated heterocycles. The summed E-state index contributed by atoms with van der Waals surface area (Å²) in [5.74, 6) is 3.90. The molecule has 6 aliphatic carbocycles. The lowest BCUT2D eigenvalue weighted by molar-refractivity contribution is -0.244. The maximum Gasteiger partial charge on any atom is 0.409 e. The van der Waals surface area contributed by atoms with Gasteiger partial charge in [-0.2, -0.15) is 0 Å². The van der Waals surface area contributed by atoms with Gasteiger partial charge in [0.2, 0.25) is 5.91 Å². The molecular weight excluding hydrogens is 656 g/mol. The molecule has 0 aromatic carbocycles. The Morgan fingerprint density at radius 2 is 1.60 bits per heavy atom. The molecule has 2 amide bonds. The van der Waals surface area contributed by atoms with Crippen LogP contribution in [-0.2, 0) is 19.0 Å². The van der Waals surface area contributed by atoms with Crippen LogP contribution in [0.3, 0.4) is 0 Å². The van der Waals surface area contributed by atoms with Gasteiger partial charge in [-0.25, -0.2) is 4.79 Å². The van der Waals surface area contributed by atoms with Crippen LogP contribution in [-0.4, -0.2) is 98.0 Å². The predicted molar refractivity (Wildman–Crippen MR) is 206 cm³/mol. The summed E-state index contributed by atoms with van der Waals surface area (Å²) in [5, 5.41) is 18.5. The molecule has 0 radical (unpaired) electrons. The van der Waals surface area contributed by atoms with Crippen molar-refractivity contribution in [2.24, 2.45) is 57.2 Å². The second-order valence-electron chi connectivity index (χ2n) is 17.8. The molecule has 2 N–H and O–H groups in total. The number of nitrogens with zero attached hydrogens (tertiary/aromatic N) is 2. The van der Waals surface area contributed by atoms with Crippen molar-refractivity contribution in [3.05, 3.63) is 0 Å². The van der Waals surface area contributed by atoms with Gasteiger partial charge in [0.15, 0.2) is 6.29 Å². The van der Waals surface area contributed by atoms with Gasteiger partial charge in [-0.1, -0.05) is 55.4 Å². The number of carbonyl (C=O) groups is 2. The topological polar surface area (TPSA) is 109 Å². The van der Waals surface area contributed by atoms with Crippen LogP contribution in [0.25, 0.3) is 0 Å². The van der Waals surface area contributed by atoms with Gasteiger partial charge in [-0.15, -0.1) is 0 Å². The summed E-state index contributed by atoms with van der Waals surface area (Å²) < 4.78 is 18.3. The molecule has 7 rings (SSSR count). The van der Waals surface area contributed by atoms with E-state index in [1.165, 1.54) is 49.8 Å². The van der Waals surface area contributed by atoms with Crippen molar-refractivity contribution >= 4 is 12.0 Å². The number of hydrogen-bond acceptors (Lipinski definition) is 7. The van der Waals surface area contributed by atoms with Crippen molar-refractivity contribution in [3.8, 4) is 0 Å². The Kier molecular flexibility index (Phi) is 14.6. The van der Waals surface area contributed by atoms with Gasteiger partial charge in [0.1, 0.15) is 0 Å². The van der Waals surface area contributed by atoms with Crippen LogP contribution in [0.1, 0.15) is 139 Å². The highest BCUT2D eigenvalue weighted by atomic mass is 16.7. The molecule has 0 aromatic rings. The van der Waals surface area contributed by atoms with E-state index in [-0.39, 0.29) is 41.3 Å². The first-order chi connectivity index (χ1) is 24.9. The lowest BCUT2D eigenvalue weighted by Crippen LogP contribution is -2.56. The highest BCUT2D eigenvalue weighted by molar-refractivity contribution is 5.76. The van der Waals surface area contributed by atoms with Crippen LogP contribution < -0.4 is 0 Å². The van der Waals surface area contributed by atoms with Crippen molar-refractivity contribution in [2.75, 3.05) is 47.5 Å². The van der Waals surface area contributed by atoms with Crippen molar-refractivity contribution in [1.82, 2.24) is 9.80 Å². The van der Waals surface area contributed by atoms with Crippen LogP contribution >= 0.6 is 0 Å². The fourth-order valence-electron chi connectivity index (χ4n) is 13.1. The third-order valence-corrected chi connectivity index (χ3v) is 15.5. The van der Waals surface area contributed by atoms with Crippen LogP contribution in [0, 0.1) is 57.2 Å². The third kappa shape index (κ3) is 7.56. The van der Waals surface area contributed by atoms with Crippen molar-refractivity contribution in [3.63, 3.8) is 0 Å². The second kappa shape index (κ2) is 17.6. The lowest BCUT2D eigenvalue weighted by Gasteiger charge is -2.59. The monoisotopic (exact) mass is 735 g/mol. The van der Waals surface area contributed by atoms with Gasteiger partial charge in [-0.3, -0.25) is 4.79 Å². The Bertz CT molecular complexity index is 1180. The van der Waals surface area contributed by atoms with Gasteiger partial charge >= 0.3 is 6.09 Å². The van der Waals surface area contributed by atoms with E-state index >= 15 is 0 Å². The zero-order valence-electron chi connectivity index (χ0n) is 35.0. The average Bonchev–Trinajstić information content (AvgIpc) is 4.04. The highest BCUT2D eigenvalue weighted by Crippen LogP contribution is 2.89. The molecule has 1 heterocycles. The largest absolute Gasteiger partial charge is 0.449 e. The molecule has 9 nitrogen and oxygen atoms in total. The molecule has 1 aliphatic heterocycles. The molecule has 302 valence electrons. The summed E-state index contributed by atoms with van der Waals surface area (Å²) in [7, 11) is 4.43. The summed E-state index contributed by atoms with van der Waals surface area (Å²) in [6.07, 6.45) is 13.6. The molecule has 4 unspecified atom stereocenters. The van der Waals surface area contributed by atoms with Crippen LogP contribution in [0.5, 0.6) is 0 Å². The third-order valence-electron chi connectivity index (χ3n) is 15.5. The van der Waals surface area contributed by atoms with E-state index in [2.05, 4.69) is 27.7 Å². The van der Waals surface area contributed by atoms with E-state index in [1.807, 2.05) is 32.6 Å². The number of carbonyl (C=O) groups excluding carboxylic acids is 2. The number of ether oxygens (including phenoxy) is 3. The molecule has 0 aromatic heterocycles. The fraction of sp³-hybridized carbons (Fsp3) is 0.953. The maximum atomic E-state index is 12.9. The number of hydrogen-bond donors (Lipinski definition) is 2. The summed E-state index contributed by atoms with van der Waals surface area (Å²) in [5.41, 5.74) is 1.05. The Balaban J connectivity index is 0.000000960. The molecule has 11 atom stereocenters. The van der Waals surface area contributed by atoms with Crippen LogP contribution in [0.4, 0.5) is 4.79 Å². The first-order valence-electron chi connectivity index (χ1n) is 21.4. The molecule has 0 bridgehead atoms. The first-order valence-corrected chi connectivity index (χ1v) is 21.4. The predicted octanol–water partition coefficient (Wildman–Crippen LogP) is 8.15. The van der Waals surface area contributed by atoms with Crippen molar-refractivity contribution < 1.29 is 34.0 Å². The normalized spacial score (nSPS) is 40.7. The average molecular weight is 735 g/mol. The van der Waals surface area contributed by atoms with Gasteiger partial charge in [0, 0.05) is 34.2 Å². The molecule has 6 saturated carbocycles. The van der Waals surface area contributed by atoms with E-state index in [1.54, 1.807) is 14.1 Å². The molecule has 7 fully saturated rings. The maximum absolute atomic E-state index is 12.9. The summed E-state index contributed by atoms with van der Waals surface area (Å²) in [6.45, 7) is 20.3. The van der Waals surface area contributed by atoms with E-state index in [0.717, 1.165) is 45.1 Å². The summed E-state index contributed by atoms with van der Waals surface area (Å²) in [6, 6.07) is 0. The SMILES string of the molecule is CC.CC.CO.C[C@@H]1C23CC[C@H](OC4CN(C(=O)CC5CC5)CCO4)C(C)(C)C2CC[C@H]2C4C[C@@H](O)[C@H](CCCCOC(=O)N(C)C)[C@@]4(C)CC[C@]123. The lowest BCUT2D eigenvalue weighted by atomic mass is 9.46. The number of amides is 2. The Hall–Kier alpha value is -1.42. The Morgan fingerprint density at radius 1 is 0.904 bits per heavy atom. The molecular formula is C43H78N2O7.